The molecule has 3 rings (SSSR count). The Morgan fingerprint density at radius 1 is 1.35 bits per heavy atom. The molecule has 26 heavy (non-hydrogen) atoms. The lowest BCUT2D eigenvalue weighted by atomic mass is 10.1. The summed E-state index contributed by atoms with van der Waals surface area (Å²) in [5.74, 6) is 1.80. The number of hydrogen-bond acceptors (Lipinski definition) is 2. The van der Waals surface area contributed by atoms with Gasteiger partial charge in [-0.15, -0.1) is 0 Å². The SMILES string of the molecule is CCNC(=NCCCc1c[nH]c2ccccc12)N(C)CCOCC1CC1. The van der Waals surface area contributed by atoms with Gasteiger partial charge in [-0.1, -0.05) is 18.2 Å². The Balaban J connectivity index is 1.43. The molecule has 2 aromatic rings. The predicted octanol–water partition coefficient (Wildman–Crippen LogP) is 3.42. The molecule has 0 radical (unpaired) electrons. The van der Waals surface area contributed by atoms with Gasteiger partial charge in [-0.05, 0) is 50.2 Å². The minimum absolute atomic E-state index is 0.771. The molecule has 1 aliphatic carbocycles. The lowest BCUT2D eigenvalue weighted by molar-refractivity contribution is 0.115. The van der Waals surface area contributed by atoms with E-state index in [1.165, 1.54) is 29.3 Å². The first-order chi connectivity index (χ1) is 12.8. The van der Waals surface area contributed by atoms with Crippen LogP contribution in [-0.4, -0.2) is 55.7 Å². The predicted molar refractivity (Wildman–Crippen MR) is 109 cm³/mol. The number of aliphatic imine (C=N–C) groups is 1. The summed E-state index contributed by atoms with van der Waals surface area (Å²) in [5, 5.41) is 4.71. The van der Waals surface area contributed by atoms with Crippen molar-refractivity contribution in [1.82, 2.24) is 15.2 Å². The number of benzene rings is 1. The summed E-state index contributed by atoms with van der Waals surface area (Å²) < 4.78 is 5.74. The van der Waals surface area contributed by atoms with Crippen LogP contribution in [-0.2, 0) is 11.2 Å². The number of guanidine groups is 1. The third kappa shape index (κ3) is 5.49. The van der Waals surface area contributed by atoms with E-state index in [4.69, 9.17) is 9.73 Å². The number of fused-ring (bicyclic) bond motifs is 1. The molecule has 1 aliphatic rings. The van der Waals surface area contributed by atoms with Gasteiger partial charge in [-0.2, -0.15) is 0 Å². The molecule has 1 heterocycles. The number of rotatable bonds is 10. The Hall–Kier alpha value is -2.01. The molecular formula is C21H32N4O. The average Bonchev–Trinajstić information content (AvgIpc) is 3.40. The first kappa shape index (κ1) is 18.8. The first-order valence-electron chi connectivity index (χ1n) is 9.90. The van der Waals surface area contributed by atoms with Crippen LogP contribution in [0.2, 0.25) is 0 Å². The molecule has 1 aromatic carbocycles. The van der Waals surface area contributed by atoms with Crippen LogP contribution in [0.15, 0.2) is 35.5 Å². The van der Waals surface area contributed by atoms with E-state index < -0.39 is 0 Å². The van der Waals surface area contributed by atoms with E-state index in [1.807, 2.05) is 0 Å². The van der Waals surface area contributed by atoms with Crippen LogP contribution in [0, 0.1) is 5.92 Å². The second-order valence-corrected chi connectivity index (χ2v) is 7.14. The second kappa shape index (κ2) is 9.62. The topological polar surface area (TPSA) is 52.7 Å². The molecule has 5 nitrogen and oxygen atoms in total. The lowest BCUT2D eigenvalue weighted by Gasteiger charge is -2.22. The minimum Gasteiger partial charge on any atom is -0.379 e. The monoisotopic (exact) mass is 356 g/mol. The standard InChI is InChI=1S/C21H32N4O/c1-3-22-21(25(2)13-14-26-16-17-10-11-17)23-12-6-7-18-15-24-20-9-5-4-8-19(18)20/h4-5,8-9,15,17,24H,3,6-7,10-14,16H2,1-2H3,(H,22,23). The minimum atomic E-state index is 0.771. The van der Waals surface area contributed by atoms with Crippen molar-refractivity contribution in [2.24, 2.45) is 10.9 Å². The molecule has 1 fully saturated rings. The van der Waals surface area contributed by atoms with Crippen LogP contribution in [0.4, 0.5) is 0 Å². The van der Waals surface area contributed by atoms with Crippen LogP contribution in [0.25, 0.3) is 10.9 Å². The highest BCUT2D eigenvalue weighted by molar-refractivity contribution is 5.83. The van der Waals surface area contributed by atoms with Gasteiger partial charge in [0.15, 0.2) is 5.96 Å². The van der Waals surface area contributed by atoms with Crippen molar-refractivity contribution in [3.05, 3.63) is 36.0 Å². The molecule has 0 saturated heterocycles. The molecule has 0 aliphatic heterocycles. The maximum atomic E-state index is 5.74. The van der Waals surface area contributed by atoms with Gasteiger partial charge in [0, 0.05) is 50.4 Å². The fourth-order valence-electron chi connectivity index (χ4n) is 3.10. The summed E-state index contributed by atoms with van der Waals surface area (Å²) in [6.45, 7) is 6.39. The van der Waals surface area contributed by atoms with Crippen molar-refractivity contribution >= 4 is 16.9 Å². The van der Waals surface area contributed by atoms with E-state index in [2.05, 4.69) is 59.6 Å². The first-order valence-corrected chi connectivity index (χ1v) is 9.90. The van der Waals surface area contributed by atoms with Gasteiger partial charge >= 0.3 is 0 Å². The van der Waals surface area contributed by atoms with Gasteiger partial charge in [0.2, 0.25) is 0 Å². The molecule has 0 unspecified atom stereocenters. The van der Waals surface area contributed by atoms with Gasteiger partial charge < -0.3 is 19.9 Å². The van der Waals surface area contributed by atoms with Crippen molar-refractivity contribution in [3.8, 4) is 0 Å². The Kier molecular flexibility index (Phi) is 6.95. The summed E-state index contributed by atoms with van der Waals surface area (Å²) in [6, 6.07) is 8.48. The average molecular weight is 357 g/mol. The molecule has 1 aromatic heterocycles. The molecule has 0 bridgehead atoms. The lowest BCUT2D eigenvalue weighted by Crippen LogP contribution is -2.40. The zero-order chi connectivity index (χ0) is 18.2. The number of para-hydroxylation sites is 1. The van der Waals surface area contributed by atoms with Crippen LogP contribution >= 0.6 is 0 Å². The van der Waals surface area contributed by atoms with Crippen molar-refractivity contribution in [2.45, 2.75) is 32.6 Å². The van der Waals surface area contributed by atoms with Gasteiger partial charge in [0.05, 0.1) is 6.61 Å². The van der Waals surface area contributed by atoms with Crippen LogP contribution < -0.4 is 5.32 Å². The van der Waals surface area contributed by atoms with Crippen molar-refractivity contribution in [3.63, 3.8) is 0 Å². The molecule has 0 atom stereocenters. The summed E-state index contributed by atoms with van der Waals surface area (Å²) in [4.78, 5) is 10.3. The summed E-state index contributed by atoms with van der Waals surface area (Å²) in [6.07, 6.45) is 6.90. The van der Waals surface area contributed by atoms with Crippen LogP contribution in [0.1, 0.15) is 31.7 Å². The molecule has 0 spiro atoms. The molecule has 5 heteroatoms. The zero-order valence-electron chi connectivity index (χ0n) is 16.1. The molecule has 142 valence electrons. The highest BCUT2D eigenvalue weighted by atomic mass is 16.5. The Morgan fingerprint density at radius 2 is 2.19 bits per heavy atom. The number of aromatic amines is 1. The van der Waals surface area contributed by atoms with E-state index in [0.717, 1.165) is 57.6 Å². The van der Waals surface area contributed by atoms with Gasteiger partial charge in [0.1, 0.15) is 0 Å². The fraction of sp³-hybridized carbons (Fsp3) is 0.571. The normalized spacial score (nSPS) is 14.8. The highest BCUT2D eigenvalue weighted by Crippen LogP contribution is 2.28. The van der Waals surface area contributed by atoms with Crippen LogP contribution in [0.3, 0.4) is 0 Å². The number of H-pyrrole nitrogens is 1. The number of aromatic nitrogens is 1. The Morgan fingerprint density at radius 3 is 3.00 bits per heavy atom. The van der Waals surface area contributed by atoms with E-state index in [0.29, 0.717) is 0 Å². The Labute approximate surface area is 156 Å². The van der Waals surface area contributed by atoms with Crippen molar-refractivity contribution in [2.75, 3.05) is 39.9 Å². The number of hydrogen-bond donors (Lipinski definition) is 2. The fourth-order valence-corrected chi connectivity index (χ4v) is 3.10. The van der Waals surface area contributed by atoms with Gasteiger partial charge in [-0.3, -0.25) is 4.99 Å². The van der Waals surface area contributed by atoms with Crippen molar-refractivity contribution < 1.29 is 4.74 Å². The Bertz CT molecular complexity index is 705. The molecule has 2 N–H and O–H groups in total. The van der Waals surface area contributed by atoms with Crippen molar-refractivity contribution in [1.29, 1.82) is 0 Å². The number of likely N-dealkylation sites (N-methyl/N-ethyl adjacent to an activating group) is 1. The number of ether oxygens (including phenoxy) is 1. The summed E-state index contributed by atoms with van der Waals surface area (Å²) >= 11 is 0. The molecular weight excluding hydrogens is 324 g/mol. The maximum Gasteiger partial charge on any atom is 0.193 e. The van der Waals surface area contributed by atoms with Gasteiger partial charge in [-0.25, -0.2) is 0 Å². The largest absolute Gasteiger partial charge is 0.379 e. The smallest absolute Gasteiger partial charge is 0.193 e. The third-order valence-electron chi connectivity index (χ3n) is 4.86. The third-order valence-corrected chi connectivity index (χ3v) is 4.86. The zero-order valence-corrected chi connectivity index (χ0v) is 16.1. The molecule has 1 saturated carbocycles. The maximum absolute atomic E-state index is 5.74. The van der Waals surface area contributed by atoms with Crippen LogP contribution in [0.5, 0.6) is 0 Å². The number of aryl methyl sites for hydroxylation is 1. The van der Waals surface area contributed by atoms with E-state index in [9.17, 15) is 0 Å². The van der Waals surface area contributed by atoms with E-state index in [-0.39, 0.29) is 0 Å². The summed E-state index contributed by atoms with van der Waals surface area (Å²) in [7, 11) is 2.08. The van der Waals surface area contributed by atoms with E-state index >= 15 is 0 Å². The van der Waals surface area contributed by atoms with Gasteiger partial charge in [0.25, 0.3) is 0 Å². The summed E-state index contributed by atoms with van der Waals surface area (Å²) in [5.41, 5.74) is 2.59. The number of nitrogens with zero attached hydrogens (tertiary/aromatic N) is 2. The molecule has 0 amide bonds. The quantitative estimate of drug-likeness (QED) is 0.390. The second-order valence-electron chi connectivity index (χ2n) is 7.14. The van der Waals surface area contributed by atoms with E-state index in [1.54, 1.807) is 0 Å². The highest BCUT2D eigenvalue weighted by Gasteiger charge is 2.21. The number of nitrogens with one attached hydrogen (secondary N) is 2.